The van der Waals surface area contributed by atoms with Crippen molar-refractivity contribution in [1.82, 2.24) is 0 Å². The maximum absolute atomic E-state index is 5.74. The molecule has 0 fully saturated rings. The summed E-state index contributed by atoms with van der Waals surface area (Å²) >= 11 is 7.48. The fraction of sp³-hybridized carbons (Fsp3) is 0.0909. The van der Waals surface area contributed by atoms with Gasteiger partial charge in [-0.3, -0.25) is 0 Å². The van der Waals surface area contributed by atoms with Crippen molar-refractivity contribution in [2.45, 2.75) is 6.92 Å². The summed E-state index contributed by atoms with van der Waals surface area (Å²) in [5, 5.41) is 4.02. The summed E-state index contributed by atoms with van der Waals surface area (Å²) in [6.45, 7) is 0.225. The predicted molar refractivity (Wildman–Crippen MR) is 122 cm³/mol. The average molecular weight is 381 g/mol. The normalized spacial score (nSPS) is 11.1. The zero-order valence-corrected chi connectivity index (χ0v) is 16.7. The van der Waals surface area contributed by atoms with E-state index in [-0.39, 0.29) is 0 Å². The molecule has 0 nitrogen and oxygen atoms in total. The third kappa shape index (κ3) is 3.98. The Kier molecular flexibility index (Phi) is 6.31. The molecule has 0 aliphatic carbocycles. The Morgan fingerprint density at radius 1 is 0.760 bits per heavy atom. The molecule has 25 heavy (non-hydrogen) atoms. The number of thiocarbonyl (C=S) groups is 1. The van der Waals surface area contributed by atoms with Crippen LogP contribution in [0.1, 0.15) is 6.92 Å². The fourth-order valence-corrected chi connectivity index (χ4v) is 8.47. The minimum atomic E-state index is -1.93. The Balaban J connectivity index is 2.38. The molecule has 3 aromatic carbocycles. The van der Waals surface area contributed by atoms with Crippen molar-refractivity contribution in [3.63, 3.8) is 0 Å². The van der Waals surface area contributed by atoms with Gasteiger partial charge in [0.1, 0.15) is 0 Å². The molecule has 126 valence electrons. The minimum Gasteiger partial charge on any atom is -0.115 e. The molecule has 3 heteroatoms. The maximum Gasteiger partial charge on any atom is 0.0716 e. The van der Waals surface area contributed by atoms with Gasteiger partial charge < -0.3 is 0 Å². The van der Waals surface area contributed by atoms with Crippen LogP contribution in [0.2, 0.25) is 0 Å². The summed E-state index contributed by atoms with van der Waals surface area (Å²) in [7, 11) is 0. The molecule has 0 heterocycles. The van der Waals surface area contributed by atoms with Gasteiger partial charge in [-0.15, -0.1) is 11.8 Å². The van der Waals surface area contributed by atoms with Crippen LogP contribution in [-0.4, -0.2) is 15.7 Å². The summed E-state index contributed by atoms with van der Waals surface area (Å²) in [5.74, 6) is 3.35. The van der Waals surface area contributed by atoms with Crippen molar-refractivity contribution in [1.29, 1.82) is 0 Å². The summed E-state index contributed by atoms with van der Waals surface area (Å²) in [4.78, 5) is 0. The predicted octanol–water partition coefficient (Wildman–Crippen LogP) is 4.86. The molecule has 0 aromatic heterocycles. The molecular weight excluding hydrogens is 359 g/mol. The van der Waals surface area contributed by atoms with E-state index >= 15 is 0 Å². The summed E-state index contributed by atoms with van der Waals surface area (Å²) in [6, 6.07) is 32.4. The molecular formula is C22H21PS2. The van der Waals surface area contributed by atoms with E-state index < -0.39 is 6.89 Å². The standard InChI is InChI=1S/C22H21PS2/c1-2-25-22(24)18-23(19-12-6-3-7-13-19,20-14-8-4-9-15-20)21-16-10-5-11-17-21/h3-18H,2H2,1H3. The minimum absolute atomic E-state index is 0.979. The van der Waals surface area contributed by atoms with Crippen molar-refractivity contribution in [2.24, 2.45) is 0 Å². The number of rotatable bonds is 5. The van der Waals surface area contributed by atoms with Crippen molar-refractivity contribution < 1.29 is 0 Å². The van der Waals surface area contributed by atoms with Gasteiger partial charge in [0.25, 0.3) is 0 Å². The van der Waals surface area contributed by atoms with E-state index in [9.17, 15) is 0 Å². The van der Waals surface area contributed by atoms with Crippen LogP contribution in [0.3, 0.4) is 0 Å². The topological polar surface area (TPSA) is 0 Å². The second-order valence-corrected chi connectivity index (χ2v) is 10.9. The van der Waals surface area contributed by atoms with E-state index in [4.69, 9.17) is 12.2 Å². The van der Waals surface area contributed by atoms with E-state index in [1.807, 2.05) is 0 Å². The van der Waals surface area contributed by atoms with Crippen LogP contribution in [0.5, 0.6) is 0 Å². The lowest BCUT2D eigenvalue weighted by Crippen LogP contribution is -2.28. The van der Waals surface area contributed by atoms with Crippen LogP contribution >= 0.6 is 30.9 Å². The smallest absolute Gasteiger partial charge is 0.0716 e. The first-order chi connectivity index (χ1) is 12.3. The van der Waals surface area contributed by atoms with Gasteiger partial charge in [0.05, 0.1) is 4.20 Å². The Morgan fingerprint density at radius 3 is 1.44 bits per heavy atom. The van der Waals surface area contributed by atoms with Crippen LogP contribution < -0.4 is 15.9 Å². The Hall–Kier alpha value is -1.60. The summed E-state index contributed by atoms with van der Waals surface area (Å²) in [6.07, 6.45) is 0. The molecule has 0 saturated carbocycles. The van der Waals surface area contributed by atoms with Gasteiger partial charge in [0, 0.05) is 0 Å². The molecule has 0 amide bonds. The van der Waals surface area contributed by atoms with Gasteiger partial charge in [-0.25, -0.2) is 0 Å². The lowest BCUT2D eigenvalue weighted by atomic mass is 10.4. The molecule has 0 saturated heterocycles. The Labute approximate surface area is 160 Å². The Bertz CT molecular complexity index is 768. The highest BCUT2D eigenvalue weighted by molar-refractivity contribution is 8.26. The molecule has 3 rings (SSSR count). The first-order valence-corrected chi connectivity index (χ1v) is 11.6. The highest BCUT2D eigenvalue weighted by atomic mass is 32.2. The van der Waals surface area contributed by atoms with Gasteiger partial charge in [-0.2, -0.15) is 0 Å². The molecule has 0 atom stereocenters. The maximum atomic E-state index is 5.74. The van der Waals surface area contributed by atoms with Crippen LogP contribution in [0.4, 0.5) is 0 Å². The molecule has 0 aliphatic heterocycles. The number of thioether (sulfide) groups is 1. The number of benzene rings is 3. The molecule has 0 aliphatic rings. The SMILES string of the molecule is CCSC(=S)C=P(c1ccccc1)(c1ccccc1)c1ccccc1. The van der Waals surface area contributed by atoms with Crippen LogP contribution in [0, 0.1) is 0 Å². The van der Waals surface area contributed by atoms with Crippen LogP contribution in [-0.2, 0) is 0 Å². The first-order valence-electron chi connectivity index (χ1n) is 8.35. The zero-order chi connectivity index (χ0) is 17.5. The van der Waals surface area contributed by atoms with E-state index in [1.165, 1.54) is 15.9 Å². The van der Waals surface area contributed by atoms with Gasteiger partial charge >= 0.3 is 0 Å². The van der Waals surface area contributed by atoms with Gasteiger partial charge in [-0.05, 0) is 34.3 Å². The molecule has 0 spiro atoms. The summed E-state index contributed by atoms with van der Waals surface area (Å²) < 4.78 is 0.979. The van der Waals surface area contributed by atoms with Crippen molar-refractivity contribution >= 4 is 56.8 Å². The number of hydrogen-bond acceptors (Lipinski definition) is 2. The van der Waals surface area contributed by atoms with Crippen LogP contribution in [0.15, 0.2) is 91.0 Å². The first kappa shape index (κ1) is 18.2. The van der Waals surface area contributed by atoms with E-state index in [2.05, 4.69) is 104 Å². The highest BCUT2D eigenvalue weighted by Gasteiger charge is 2.25. The third-order valence-corrected chi connectivity index (χ3v) is 9.57. The molecule has 0 N–H and O–H groups in total. The van der Waals surface area contributed by atoms with Crippen LogP contribution in [0.25, 0.3) is 0 Å². The van der Waals surface area contributed by atoms with Gasteiger partial charge in [0.2, 0.25) is 0 Å². The lowest BCUT2D eigenvalue weighted by molar-refractivity contribution is 1.54. The van der Waals surface area contributed by atoms with Crippen molar-refractivity contribution in [2.75, 3.05) is 5.75 Å². The monoisotopic (exact) mass is 380 g/mol. The van der Waals surface area contributed by atoms with E-state index in [0.717, 1.165) is 9.95 Å². The number of hydrogen-bond donors (Lipinski definition) is 0. The van der Waals surface area contributed by atoms with E-state index in [0.29, 0.717) is 0 Å². The summed E-state index contributed by atoms with van der Waals surface area (Å²) in [5.41, 5.74) is 0. The van der Waals surface area contributed by atoms with Gasteiger partial charge in [-0.1, -0.05) is 110 Å². The van der Waals surface area contributed by atoms with E-state index in [1.54, 1.807) is 11.8 Å². The Morgan fingerprint density at radius 2 is 1.12 bits per heavy atom. The largest absolute Gasteiger partial charge is 0.115 e. The zero-order valence-electron chi connectivity index (χ0n) is 14.2. The quantitative estimate of drug-likeness (QED) is 0.458. The molecule has 0 bridgehead atoms. The lowest BCUT2D eigenvalue weighted by Gasteiger charge is -2.28. The molecule has 0 radical (unpaired) electrons. The average Bonchev–Trinajstić information content (AvgIpc) is 2.68. The van der Waals surface area contributed by atoms with Crippen molar-refractivity contribution in [3.05, 3.63) is 91.0 Å². The second-order valence-electron chi connectivity index (χ2n) is 5.61. The van der Waals surface area contributed by atoms with Gasteiger partial charge in [0.15, 0.2) is 0 Å². The molecule has 3 aromatic rings. The molecule has 0 unspecified atom stereocenters. The third-order valence-electron chi connectivity index (χ3n) is 4.08. The highest BCUT2D eigenvalue weighted by Crippen LogP contribution is 2.44. The van der Waals surface area contributed by atoms with Crippen molar-refractivity contribution in [3.8, 4) is 0 Å². The fourth-order valence-electron chi connectivity index (χ4n) is 3.00. The second kappa shape index (κ2) is 8.67.